The number of halogens is 1. The van der Waals surface area contributed by atoms with Crippen molar-refractivity contribution in [2.45, 2.75) is 38.2 Å². The van der Waals surface area contributed by atoms with Crippen molar-refractivity contribution < 1.29 is 4.74 Å². The van der Waals surface area contributed by atoms with Crippen molar-refractivity contribution in [3.05, 3.63) is 23.8 Å². The Morgan fingerprint density at radius 1 is 1.50 bits per heavy atom. The van der Waals surface area contributed by atoms with Gasteiger partial charge < -0.3 is 15.0 Å². The Balaban J connectivity index is 1.99. The molecular formula is C12H17ClN4O. The number of nitrogens with zero attached hydrogens (tertiary/aromatic N) is 1. The largest absolute Gasteiger partial charge is 0.473 e. The summed E-state index contributed by atoms with van der Waals surface area (Å²) in [6.45, 7) is 3.54. The van der Waals surface area contributed by atoms with Crippen molar-refractivity contribution in [1.82, 2.24) is 9.97 Å². The van der Waals surface area contributed by atoms with E-state index in [2.05, 4.69) is 21.9 Å². The van der Waals surface area contributed by atoms with Gasteiger partial charge in [-0.2, -0.15) is 0 Å². The third-order valence-electron chi connectivity index (χ3n) is 2.96. The summed E-state index contributed by atoms with van der Waals surface area (Å²) >= 11 is 5.67. The molecule has 18 heavy (non-hydrogen) atoms. The predicted octanol–water partition coefficient (Wildman–Crippen LogP) is 3.21. The standard InChI is InChI=1S/C12H17ClN4O/c1-8(13)17-12-10(15-7-16-12)11(14)18-9-5-3-2-4-6-9/h7,9,14,17H,1-6H2,(H,15,16). The van der Waals surface area contributed by atoms with Gasteiger partial charge in [0.05, 0.1) is 6.33 Å². The first-order valence-corrected chi connectivity index (χ1v) is 6.45. The summed E-state index contributed by atoms with van der Waals surface area (Å²) in [6, 6.07) is 0. The van der Waals surface area contributed by atoms with E-state index in [0.29, 0.717) is 11.5 Å². The summed E-state index contributed by atoms with van der Waals surface area (Å²) in [5.74, 6) is 0.565. The summed E-state index contributed by atoms with van der Waals surface area (Å²) in [5, 5.41) is 11.0. The number of hydrogen-bond acceptors (Lipinski definition) is 4. The minimum atomic E-state index is 0.0971. The molecule has 0 bridgehead atoms. The Labute approximate surface area is 111 Å². The highest BCUT2D eigenvalue weighted by molar-refractivity contribution is 6.30. The molecule has 1 aromatic rings. The zero-order valence-corrected chi connectivity index (χ0v) is 10.9. The average Bonchev–Trinajstić information content (AvgIpc) is 2.77. The molecule has 1 aliphatic carbocycles. The zero-order valence-electron chi connectivity index (χ0n) is 10.1. The molecule has 0 amide bonds. The van der Waals surface area contributed by atoms with Gasteiger partial charge in [-0.3, -0.25) is 5.41 Å². The van der Waals surface area contributed by atoms with Crippen LogP contribution in [0.5, 0.6) is 0 Å². The zero-order chi connectivity index (χ0) is 13.0. The lowest BCUT2D eigenvalue weighted by molar-refractivity contribution is 0.142. The van der Waals surface area contributed by atoms with E-state index in [1.807, 2.05) is 0 Å². The first-order valence-electron chi connectivity index (χ1n) is 6.07. The summed E-state index contributed by atoms with van der Waals surface area (Å²) in [7, 11) is 0. The molecule has 1 fully saturated rings. The molecule has 2 rings (SSSR count). The topological polar surface area (TPSA) is 73.8 Å². The van der Waals surface area contributed by atoms with Crippen molar-refractivity contribution >= 4 is 23.3 Å². The molecule has 0 radical (unpaired) electrons. The molecule has 0 aromatic carbocycles. The van der Waals surface area contributed by atoms with Crippen molar-refractivity contribution in [3.63, 3.8) is 0 Å². The van der Waals surface area contributed by atoms with Crippen molar-refractivity contribution in [1.29, 1.82) is 5.41 Å². The molecule has 0 aliphatic heterocycles. The first kappa shape index (κ1) is 13.0. The summed E-state index contributed by atoms with van der Waals surface area (Å²) in [5.41, 5.74) is 0.502. The van der Waals surface area contributed by atoms with Gasteiger partial charge in [0.15, 0.2) is 5.82 Å². The Morgan fingerprint density at radius 3 is 2.89 bits per heavy atom. The highest BCUT2D eigenvalue weighted by atomic mass is 35.5. The van der Waals surface area contributed by atoms with E-state index in [1.165, 1.54) is 25.6 Å². The van der Waals surface area contributed by atoms with Gasteiger partial charge in [-0.05, 0) is 25.7 Å². The van der Waals surface area contributed by atoms with Crippen LogP contribution in [0.1, 0.15) is 37.8 Å². The Hall–Kier alpha value is -1.49. The maximum Gasteiger partial charge on any atom is 0.234 e. The molecule has 98 valence electrons. The number of nitrogens with one attached hydrogen (secondary N) is 3. The van der Waals surface area contributed by atoms with Gasteiger partial charge in [0.25, 0.3) is 0 Å². The van der Waals surface area contributed by atoms with Crippen LogP contribution in [0.2, 0.25) is 0 Å². The van der Waals surface area contributed by atoms with Crippen LogP contribution in [0.25, 0.3) is 0 Å². The quantitative estimate of drug-likeness (QED) is 0.446. The third-order valence-corrected chi connectivity index (χ3v) is 3.05. The summed E-state index contributed by atoms with van der Waals surface area (Å²) in [4.78, 5) is 6.92. The Morgan fingerprint density at radius 2 is 2.22 bits per heavy atom. The molecule has 1 saturated carbocycles. The third kappa shape index (κ3) is 3.26. The lowest BCUT2D eigenvalue weighted by atomic mass is 9.98. The van der Waals surface area contributed by atoms with E-state index in [1.54, 1.807) is 0 Å². The second kappa shape index (κ2) is 5.91. The van der Waals surface area contributed by atoms with Gasteiger partial charge in [-0.15, -0.1) is 0 Å². The molecule has 1 heterocycles. The SMILES string of the molecule is C=C(Cl)Nc1nc[nH]c1C(=N)OC1CCCCC1. The average molecular weight is 269 g/mol. The number of H-pyrrole nitrogens is 1. The fourth-order valence-corrected chi connectivity index (χ4v) is 2.19. The second-order valence-corrected chi connectivity index (χ2v) is 4.82. The lowest BCUT2D eigenvalue weighted by Crippen LogP contribution is -2.21. The van der Waals surface area contributed by atoms with Crippen LogP contribution in [0.4, 0.5) is 5.82 Å². The summed E-state index contributed by atoms with van der Waals surface area (Å²) in [6.07, 6.45) is 7.27. The number of hydrogen-bond donors (Lipinski definition) is 3. The van der Waals surface area contributed by atoms with Gasteiger partial charge in [0, 0.05) is 0 Å². The van der Waals surface area contributed by atoms with Crippen molar-refractivity contribution in [2.75, 3.05) is 5.32 Å². The first-order chi connectivity index (χ1) is 8.66. The van der Waals surface area contributed by atoms with Crippen LogP contribution in [0, 0.1) is 5.41 Å². The Bertz CT molecular complexity index is 437. The molecule has 3 N–H and O–H groups in total. The molecule has 0 atom stereocenters. The molecule has 5 nitrogen and oxygen atoms in total. The van der Waals surface area contributed by atoms with Crippen molar-refractivity contribution in [2.24, 2.45) is 0 Å². The monoisotopic (exact) mass is 268 g/mol. The van der Waals surface area contributed by atoms with E-state index >= 15 is 0 Å². The van der Waals surface area contributed by atoms with Gasteiger partial charge in [-0.25, -0.2) is 4.98 Å². The van der Waals surface area contributed by atoms with E-state index in [0.717, 1.165) is 12.8 Å². The van der Waals surface area contributed by atoms with E-state index in [9.17, 15) is 0 Å². The van der Waals surface area contributed by atoms with Gasteiger partial charge in [0.2, 0.25) is 5.90 Å². The van der Waals surface area contributed by atoms with Crippen LogP contribution in [-0.2, 0) is 4.74 Å². The predicted molar refractivity (Wildman–Crippen MR) is 72.0 cm³/mol. The molecule has 0 unspecified atom stereocenters. The number of aromatic amines is 1. The van der Waals surface area contributed by atoms with E-state index in [-0.39, 0.29) is 17.2 Å². The minimum Gasteiger partial charge on any atom is -0.473 e. The van der Waals surface area contributed by atoms with Crippen LogP contribution >= 0.6 is 11.6 Å². The smallest absolute Gasteiger partial charge is 0.234 e. The molecule has 0 saturated heterocycles. The maximum atomic E-state index is 7.96. The molecule has 6 heteroatoms. The minimum absolute atomic E-state index is 0.0971. The lowest BCUT2D eigenvalue weighted by Gasteiger charge is -2.22. The highest BCUT2D eigenvalue weighted by Gasteiger charge is 2.19. The maximum absolute atomic E-state index is 7.96. The fraction of sp³-hybridized carbons (Fsp3) is 0.500. The van der Waals surface area contributed by atoms with Gasteiger partial charge in [-0.1, -0.05) is 24.6 Å². The molecule has 0 spiro atoms. The van der Waals surface area contributed by atoms with E-state index < -0.39 is 0 Å². The van der Waals surface area contributed by atoms with Crippen molar-refractivity contribution in [3.8, 4) is 0 Å². The van der Waals surface area contributed by atoms with Crippen LogP contribution < -0.4 is 5.32 Å². The molecular weight excluding hydrogens is 252 g/mol. The normalized spacial score (nSPS) is 16.3. The molecule has 1 aliphatic rings. The second-order valence-electron chi connectivity index (χ2n) is 4.36. The van der Waals surface area contributed by atoms with E-state index in [4.69, 9.17) is 21.7 Å². The molecule has 1 aromatic heterocycles. The fourth-order valence-electron chi connectivity index (χ4n) is 2.10. The van der Waals surface area contributed by atoms with Crippen LogP contribution in [0.15, 0.2) is 18.1 Å². The number of anilines is 1. The van der Waals surface area contributed by atoms with Gasteiger partial charge in [0.1, 0.15) is 17.0 Å². The number of ether oxygens (including phenoxy) is 1. The number of rotatable bonds is 4. The summed E-state index contributed by atoms with van der Waals surface area (Å²) < 4.78 is 5.66. The van der Waals surface area contributed by atoms with Crippen LogP contribution in [0.3, 0.4) is 0 Å². The number of aromatic nitrogens is 2. The highest BCUT2D eigenvalue weighted by Crippen LogP contribution is 2.22. The van der Waals surface area contributed by atoms with Crippen LogP contribution in [-0.4, -0.2) is 22.0 Å². The van der Waals surface area contributed by atoms with Gasteiger partial charge >= 0.3 is 0 Å². The Kier molecular flexibility index (Phi) is 4.25. The number of imidazole rings is 1.